The number of hydrogen-bond donors (Lipinski definition) is 1. The Balaban J connectivity index is 1.63. The molecule has 0 fully saturated rings. The fraction of sp³-hybridized carbons (Fsp3) is 0.0556. The van der Waals surface area contributed by atoms with Crippen molar-refractivity contribution in [3.63, 3.8) is 0 Å². The Morgan fingerprint density at radius 2 is 1.83 bits per heavy atom. The van der Waals surface area contributed by atoms with Crippen LogP contribution >= 0.6 is 35.0 Å². The summed E-state index contributed by atoms with van der Waals surface area (Å²) in [6.07, 6.45) is 0. The van der Waals surface area contributed by atoms with Gasteiger partial charge in [-0.05, 0) is 42.5 Å². The van der Waals surface area contributed by atoms with E-state index >= 15 is 0 Å². The lowest BCUT2D eigenvalue weighted by Crippen LogP contribution is -2.11. The molecule has 0 saturated heterocycles. The minimum Gasteiger partial charge on any atom is -0.455 e. The molecule has 1 amide bonds. The van der Waals surface area contributed by atoms with Crippen LogP contribution in [-0.4, -0.2) is 5.91 Å². The van der Waals surface area contributed by atoms with Crippen LogP contribution in [0.15, 0.2) is 70.0 Å². The van der Waals surface area contributed by atoms with Crippen LogP contribution in [0.3, 0.4) is 0 Å². The molecule has 0 aliphatic rings. The summed E-state index contributed by atoms with van der Waals surface area (Å²) in [7, 11) is 0. The van der Waals surface area contributed by atoms with Crippen molar-refractivity contribution in [2.75, 3.05) is 5.32 Å². The predicted octanol–water partition coefficient (Wildman–Crippen LogP) is 6.13. The van der Waals surface area contributed by atoms with Gasteiger partial charge >= 0.3 is 0 Å². The van der Waals surface area contributed by atoms with Gasteiger partial charge in [0.25, 0.3) is 5.91 Å². The molecule has 1 aromatic heterocycles. The summed E-state index contributed by atoms with van der Waals surface area (Å²) in [5.41, 5.74) is 0.489. The Bertz CT molecular complexity index is 849. The van der Waals surface area contributed by atoms with Gasteiger partial charge in [0.05, 0.1) is 16.5 Å². The third-order valence-corrected chi connectivity index (χ3v) is 4.77. The highest BCUT2D eigenvalue weighted by Crippen LogP contribution is 2.27. The Morgan fingerprint density at radius 1 is 1.04 bits per heavy atom. The lowest BCUT2D eigenvalue weighted by Gasteiger charge is -2.05. The van der Waals surface area contributed by atoms with Gasteiger partial charge in [-0.3, -0.25) is 4.79 Å². The molecule has 1 heterocycles. The van der Waals surface area contributed by atoms with Crippen LogP contribution in [0.1, 0.15) is 16.3 Å². The molecule has 0 radical (unpaired) electrons. The van der Waals surface area contributed by atoms with E-state index in [2.05, 4.69) is 5.32 Å². The monoisotopic (exact) mass is 377 g/mol. The SMILES string of the molecule is O=C(Nc1ccc(Cl)cc1Cl)c1ccc(CSc2ccccc2)o1. The van der Waals surface area contributed by atoms with Gasteiger partial charge in [0.1, 0.15) is 5.76 Å². The number of halogens is 2. The van der Waals surface area contributed by atoms with Crippen LogP contribution in [0.4, 0.5) is 5.69 Å². The molecule has 0 spiro atoms. The van der Waals surface area contributed by atoms with Crippen LogP contribution in [0.5, 0.6) is 0 Å². The third kappa shape index (κ3) is 4.35. The lowest BCUT2D eigenvalue weighted by molar-refractivity contribution is 0.0995. The first-order valence-electron chi connectivity index (χ1n) is 7.15. The van der Waals surface area contributed by atoms with Crippen molar-refractivity contribution in [3.05, 3.63) is 82.2 Å². The van der Waals surface area contributed by atoms with Gasteiger partial charge in [-0.15, -0.1) is 11.8 Å². The summed E-state index contributed by atoms with van der Waals surface area (Å²) >= 11 is 13.5. The van der Waals surface area contributed by atoms with Crippen molar-refractivity contribution in [2.24, 2.45) is 0 Å². The highest BCUT2D eigenvalue weighted by atomic mass is 35.5. The van der Waals surface area contributed by atoms with Gasteiger partial charge in [-0.25, -0.2) is 0 Å². The second-order valence-electron chi connectivity index (χ2n) is 4.95. The number of hydrogen-bond acceptors (Lipinski definition) is 3. The Hall–Kier alpha value is -1.88. The van der Waals surface area contributed by atoms with Gasteiger partial charge in [0.15, 0.2) is 5.76 Å². The maximum absolute atomic E-state index is 12.2. The molecule has 0 atom stereocenters. The maximum Gasteiger partial charge on any atom is 0.291 e. The van der Waals surface area contributed by atoms with E-state index in [1.54, 1.807) is 42.1 Å². The summed E-state index contributed by atoms with van der Waals surface area (Å²) in [6, 6.07) is 18.3. The predicted molar refractivity (Wildman–Crippen MR) is 99.1 cm³/mol. The minimum absolute atomic E-state index is 0.240. The standard InChI is InChI=1S/C18H13Cl2NO2S/c19-12-6-8-16(15(20)10-12)21-18(22)17-9-7-13(23-17)11-24-14-4-2-1-3-5-14/h1-10H,11H2,(H,21,22). The first-order valence-corrected chi connectivity index (χ1v) is 8.89. The van der Waals surface area contributed by atoms with E-state index in [0.29, 0.717) is 21.5 Å². The van der Waals surface area contributed by atoms with Crippen LogP contribution in [-0.2, 0) is 5.75 Å². The van der Waals surface area contributed by atoms with Crippen molar-refractivity contribution in [1.29, 1.82) is 0 Å². The smallest absolute Gasteiger partial charge is 0.291 e. The number of carbonyl (C=O) groups excluding carboxylic acids is 1. The first-order chi connectivity index (χ1) is 11.6. The fourth-order valence-corrected chi connectivity index (χ4v) is 3.29. The number of amides is 1. The van der Waals surface area contributed by atoms with Crippen molar-refractivity contribution in [2.45, 2.75) is 10.6 Å². The van der Waals surface area contributed by atoms with Crippen LogP contribution < -0.4 is 5.32 Å². The maximum atomic E-state index is 12.2. The average Bonchev–Trinajstić information content (AvgIpc) is 3.05. The van der Waals surface area contributed by atoms with Crippen molar-refractivity contribution >= 4 is 46.6 Å². The Kier molecular flexibility index (Phi) is 5.51. The number of benzene rings is 2. The summed E-state index contributed by atoms with van der Waals surface area (Å²) in [5.74, 6) is 1.27. The zero-order valence-corrected chi connectivity index (χ0v) is 14.8. The molecule has 1 N–H and O–H groups in total. The summed E-state index contributed by atoms with van der Waals surface area (Å²) in [4.78, 5) is 13.4. The van der Waals surface area contributed by atoms with E-state index in [1.807, 2.05) is 30.3 Å². The molecule has 3 aromatic rings. The molecular weight excluding hydrogens is 365 g/mol. The fourth-order valence-electron chi connectivity index (χ4n) is 2.02. The lowest BCUT2D eigenvalue weighted by atomic mass is 10.3. The normalized spacial score (nSPS) is 10.6. The van der Waals surface area contributed by atoms with E-state index in [9.17, 15) is 4.79 Å². The molecule has 24 heavy (non-hydrogen) atoms. The molecule has 0 aliphatic carbocycles. The first kappa shape index (κ1) is 17.0. The number of rotatable bonds is 5. The van der Waals surface area contributed by atoms with Crippen molar-refractivity contribution in [1.82, 2.24) is 0 Å². The zero-order valence-electron chi connectivity index (χ0n) is 12.5. The Labute approximate surface area is 154 Å². The molecule has 2 aromatic carbocycles. The van der Waals surface area contributed by atoms with Gasteiger partial charge in [0, 0.05) is 9.92 Å². The number of anilines is 1. The number of furan rings is 1. The second kappa shape index (κ2) is 7.79. The van der Waals surface area contributed by atoms with Gasteiger partial charge in [0.2, 0.25) is 0 Å². The Morgan fingerprint density at radius 3 is 2.58 bits per heavy atom. The van der Waals surface area contributed by atoms with Crippen LogP contribution in [0, 0.1) is 0 Å². The van der Waals surface area contributed by atoms with E-state index < -0.39 is 0 Å². The van der Waals surface area contributed by atoms with E-state index in [1.165, 1.54) is 0 Å². The number of nitrogens with one attached hydrogen (secondary N) is 1. The molecule has 3 nitrogen and oxygen atoms in total. The van der Waals surface area contributed by atoms with Gasteiger partial charge in [-0.2, -0.15) is 0 Å². The summed E-state index contributed by atoms with van der Waals surface area (Å²) in [5, 5.41) is 3.60. The van der Waals surface area contributed by atoms with Gasteiger partial charge in [-0.1, -0.05) is 41.4 Å². The minimum atomic E-state index is -0.352. The summed E-state index contributed by atoms with van der Waals surface area (Å²) < 4.78 is 5.60. The highest BCUT2D eigenvalue weighted by molar-refractivity contribution is 7.98. The molecule has 0 unspecified atom stereocenters. The van der Waals surface area contributed by atoms with Crippen LogP contribution in [0.25, 0.3) is 0 Å². The molecule has 0 aliphatic heterocycles. The van der Waals surface area contributed by atoms with E-state index in [4.69, 9.17) is 27.6 Å². The molecule has 122 valence electrons. The van der Waals surface area contributed by atoms with Gasteiger partial charge < -0.3 is 9.73 Å². The highest BCUT2D eigenvalue weighted by Gasteiger charge is 2.13. The summed E-state index contributed by atoms with van der Waals surface area (Å²) in [6.45, 7) is 0. The third-order valence-electron chi connectivity index (χ3n) is 3.19. The van der Waals surface area contributed by atoms with Crippen LogP contribution in [0.2, 0.25) is 10.0 Å². The topological polar surface area (TPSA) is 42.2 Å². The molecular formula is C18H13Cl2NO2S. The molecule has 3 rings (SSSR count). The largest absolute Gasteiger partial charge is 0.455 e. The van der Waals surface area contributed by atoms with Crippen molar-refractivity contribution in [3.8, 4) is 0 Å². The number of thioether (sulfide) groups is 1. The average molecular weight is 378 g/mol. The second-order valence-corrected chi connectivity index (χ2v) is 6.84. The molecule has 0 bridgehead atoms. The molecule has 0 saturated carbocycles. The number of carbonyl (C=O) groups is 1. The zero-order chi connectivity index (χ0) is 16.9. The quantitative estimate of drug-likeness (QED) is 0.543. The van der Waals surface area contributed by atoms with E-state index in [-0.39, 0.29) is 11.7 Å². The molecule has 6 heteroatoms. The van der Waals surface area contributed by atoms with E-state index in [0.717, 1.165) is 10.7 Å². The van der Waals surface area contributed by atoms with Crippen molar-refractivity contribution < 1.29 is 9.21 Å².